The van der Waals surface area contributed by atoms with Crippen LogP contribution in [0.5, 0.6) is 0 Å². The van der Waals surface area contributed by atoms with Gasteiger partial charge in [0, 0.05) is 23.0 Å². The Kier molecular flexibility index (Phi) is 6.75. The SMILES string of the molecule is NC(=O)C1CCN(Cc2cccc(NC(=O)CSc3ccc4c(c3)CCC4)c2)CC1. The van der Waals surface area contributed by atoms with Gasteiger partial charge in [-0.2, -0.15) is 0 Å². The number of nitrogens with two attached hydrogens (primary N) is 1. The van der Waals surface area contributed by atoms with Gasteiger partial charge in [0.25, 0.3) is 0 Å². The van der Waals surface area contributed by atoms with Gasteiger partial charge < -0.3 is 11.1 Å². The van der Waals surface area contributed by atoms with Gasteiger partial charge in [0.15, 0.2) is 0 Å². The van der Waals surface area contributed by atoms with E-state index < -0.39 is 0 Å². The van der Waals surface area contributed by atoms with Crippen LogP contribution < -0.4 is 11.1 Å². The van der Waals surface area contributed by atoms with Crippen LogP contribution in [0.2, 0.25) is 0 Å². The van der Waals surface area contributed by atoms with Gasteiger partial charge in [0.1, 0.15) is 0 Å². The predicted octanol–water partition coefficient (Wildman–Crippen LogP) is 3.60. The summed E-state index contributed by atoms with van der Waals surface area (Å²) < 4.78 is 0. The molecular weight excluding hydrogens is 394 g/mol. The first-order valence-electron chi connectivity index (χ1n) is 10.7. The van der Waals surface area contributed by atoms with E-state index in [1.807, 2.05) is 18.2 Å². The maximum absolute atomic E-state index is 12.4. The zero-order valence-electron chi connectivity index (χ0n) is 17.2. The first-order valence-corrected chi connectivity index (χ1v) is 11.7. The first-order chi connectivity index (χ1) is 14.6. The van der Waals surface area contributed by atoms with Crippen molar-refractivity contribution >= 4 is 29.3 Å². The monoisotopic (exact) mass is 423 g/mol. The van der Waals surface area contributed by atoms with Crippen molar-refractivity contribution in [2.75, 3.05) is 24.2 Å². The van der Waals surface area contributed by atoms with Crippen molar-refractivity contribution in [3.8, 4) is 0 Å². The molecule has 2 aliphatic rings. The second kappa shape index (κ2) is 9.67. The van der Waals surface area contributed by atoms with Crippen LogP contribution in [0.4, 0.5) is 5.69 Å². The van der Waals surface area contributed by atoms with E-state index in [1.165, 1.54) is 28.9 Å². The molecule has 5 nitrogen and oxygen atoms in total. The molecule has 0 atom stereocenters. The van der Waals surface area contributed by atoms with Crippen LogP contribution in [0.1, 0.15) is 36.0 Å². The first kappa shape index (κ1) is 20.9. The maximum Gasteiger partial charge on any atom is 0.234 e. The number of anilines is 1. The minimum atomic E-state index is -0.183. The highest BCUT2D eigenvalue weighted by Gasteiger charge is 2.23. The van der Waals surface area contributed by atoms with E-state index in [0.717, 1.165) is 50.1 Å². The summed E-state index contributed by atoms with van der Waals surface area (Å²) in [5, 5.41) is 3.02. The Morgan fingerprint density at radius 3 is 2.67 bits per heavy atom. The van der Waals surface area contributed by atoms with E-state index in [0.29, 0.717) is 5.75 Å². The summed E-state index contributed by atoms with van der Waals surface area (Å²) in [5.74, 6) is 0.246. The minimum Gasteiger partial charge on any atom is -0.369 e. The van der Waals surface area contributed by atoms with Crippen molar-refractivity contribution < 1.29 is 9.59 Å². The van der Waals surface area contributed by atoms with Crippen molar-refractivity contribution in [1.82, 2.24) is 4.90 Å². The molecule has 6 heteroatoms. The molecule has 0 bridgehead atoms. The third kappa shape index (κ3) is 5.43. The molecular formula is C24H29N3O2S. The fourth-order valence-electron chi connectivity index (χ4n) is 4.37. The Labute approximate surface area is 182 Å². The van der Waals surface area contributed by atoms with E-state index in [-0.39, 0.29) is 17.7 Å². The number of piperidine rings is 1. The zero-order valence-corrected chi connectivity index (χ0v) is 18.0. The predicted molar refractivity (Wildman–Crippen MR) is 121 cm³/mol. The summed E-state index contributed by atoms with van der Waals surface area (Å²) in [7, 11) is 0. The van der Waals surface area contributed by atoms with E-state index in [2.05, 4.69) is 34.5 Å². The third-order valence-electron chi connectivity index (χ3n) is 6.05. The highest BCUT2D eigenvalue weighted by atomic mass is 32.2. The second-order valence-electron chi connectivity index (χ2n) is 8.27. The Balaban J connectivity index is 1.26. The highest BCUT2D eigenvalue weighted by molar-refractivity contribution is 8.00. The zero-order chi connectivity index (χ0) is 20.9. The Hall–Kier alpha value is -2.31. The van der Waals surface area contributed by atoms with Crippen LogP contribution in [0.15, 0.2) is 47.4 Å². The summed E-state index contributed by atoms with van der Waals surface area (Å²) in [6.07, 6.45) is 5.23. The van der Waals surface area contributed by atoms with Gasteiger partial charge in [-0.25, -0.2) is 0 Å². The fourth-order valence-corrected chi connectivity index (χ4v) is 5.12. The lowest BCUT2D eigenvalue weighted by Gasteiger charge is -2.30. The molecule has 2 aromatic rings. The number of rotatable bonds is 7. The summed E-state index contributed by atoms with van der Waals surface area (Å²) in [6.45, 7) is 2.57. The van der Waals surface area contributed by atoms with Gasteiger partial charge in [-0.15, -0.1) is 11.8 Å². The number of nitrogens with one attached hydrogen (secondary N) is 1. The molecule has 1 aliphatic heterocycles. The molecule has 0 aromatic heterocycles. The van der Waals surface area contributed by atoms with Crippen LogP contribution >= 0.6 is 11.8 Å². The Morgan fingerprint density at radius 1 is 1.07 bits per heavy atom. The number of primary amides is 1. The number of carbonyl (C=O) groups excluding carboxylic acids is 2. The number of carbonyl (C=O) groups is 2. The highest BCUT2D eigenvalue weighted by Crippen LogP contribution is 2.27. The quantitative estimate of drug-likeness (QED) is 0.667. The largest absolute Gasteiger partial charge is 0.369 e. The van der Waals surface area contributed by atoms with Crippen LogP contribution in [-0.2, 0) is 29.0 Å². The van der Waals surface area contributed by atoms with E-state index in [4.69, 9.17) is 5.73 Å². The van der Waals surface area contributed by atoms with Crippen molar-refractivity contribution in [2.45, 2.75) is 43.5 Å². The summed E-state index contributed by atoms with van der Waals surface area (Å²) in [5.41, 5.74) is 10.3. The number of hydrogen-bond donors (Lipinski definition) is 2. The molecule has 1 aliphatic carbocycles. The molecule has 4 rings (SSSR count). The molecule has 2 aromatic carbocycles. The van der Waals surface area contributed by atoms with Gasteiger partial charge in [0.05, 0.1) is 5.75 Å². The van der Waals surface area contributed by atoms with Crippen LogP contribution in [-0.4, -0.2) is 35.6 Å². The normalized spacial score (nSPS) is 16.9. The van der Waals surface area contributed by atoms with Crippen LogP contribution in [0.25, 0.3) is 0 Å². The van der Waals surface area contributed by atoms with Gasteiger partial charge >= 0.3 is 0 Å². The number of fused-ring (bicyclic) bond motifs is 1. The average Bonchev–Trinajstić information content (AvgIpc) is 3.21. The number of thioether (sulfide) groups is 1. The van der Waals surface area contributed by atoms with Crippen molar-refractivity contribution in [3.05, 3.63) is 59.2 Å². The lowest BCUT2D eigenvalue weighted by molar-refractivity contribution is -0.123. The summed E-state index contributed by atoms with van der Waals surface area (Å²) in [4.78, 5) is 27.3. The molecule has 0 spiro atoms. The number of aryl methyl sites for hydroxylation is 2. The summed E-state index contributed by atoms with van der Waals surface area (Å²) >= 11 is 1.59. The number of hydrogen-bond acceptors (Lipinski definition) is 4. The molecule has 1 heterocycles. The molecule has 0 unspecified atom stereocenters. The molecule has 3 N–H and O–H groups in total. The van der Waals surface area contributed by atoms with Gasteiger partial charge in [0.2, 0.25) is 11.8 Å². The Morgan fingerprint density at radius 2 is 1.87 bits per heavy atom. The smallest absolute Gasteiger partial charge is 0.234 e. The van der Waals surface area contributed by atoms with E-state index >= 15 is 0 Å². The standard InChI is InChI=1S/C24H29N3O2S/c25-24(29)19-9-11-27(12-10-19)15-17-3-1-6-21(13-17)26-23(28)16-30-22-8-7-18-4-2-5-20(18)14-22/h1,3,6-8,13-14,19H,2,4-5,9-12,15-16H2,(H2,25,29)(H,26,28). The molecule has 2 amide bonds. The second-order valence-corrected chi connectivity index (χ2v) is 9.32. The number of amides is 2. The number of nitrogens with zero attached hydrogens (tertiary/aromatic N) is 1. The Bertz CT molecular complexity index is 922. The van der Waals surface area contributed by atoms with E-state index in [1.54, 1.807) is 11.8 Å². The van der Waals surface area contributed by atoms with Crippen molar-refractivity contribution in [3.63, 3.8) is 0 Å². The molecule has 0 radical (unpaired) electrons. The van der Waals surface area contributed by atoms with Crippen molar-refractivity contribution in [1.29, 1.82) is 0 Å². The fraction of sp³-hybridized carbons (Fsp3) is 0.417. The molecule has 30 heavy (non-hydrogen) atoms. The van der Waals surface area contributed by atoms with E-state index in [9.17, 15) is 9.59 Å². The molecule has 158 valence electrons. The van der Waals surface area contributed by atoms with Gasteiger partial charge in [-0.3, -0.25) is 14.5 Å². The van der Waals surface area contributed by atoms with Crippen LogP contribution in [0.3, 0.4) is 0 Å². The third-order valence-corrected chi connectivity index (χ3v) is 7.04. The minimum absolute atomic E-state index is 0.00930. The topological polar surface area (TPSA) is 75.4 Å². The van der Waals surface area contributed by atoms with Gasteiger partial charge in [-0.1, -0.05) is 18.2 Å². The van der Waals surface area contributed by atoms with Crippen LogP contribution in [0, 0.1) is 5.92 Å². The summed E-state index contributed by atoms with van der Waals surface area (Å²) in [6, 6.07) is 14.6. The molecule has 0 saturated carbocycles. The van der Waals surface area contributed by atoms with Gasteiger partial charge in [-0.05, 0) is 86.1 Å². The lowest BCUT2D eigenvalue weighted by Crippen LogP contribution is -2.38. The number of likely N-dealkylation sites (tertiary alicyclic amines) is 1. The maximum atomic E-state index is 12.4. The molecule has 1 saturated heterocycles. The average molecular weight is 424 g/mol. The lowest BCUT2D eigenvalue weighted by atomic mass is 9.96. The van der Waals surface area contributed by atoms with Crippen molar-refractivity contribution in [2.24, 2.45) is 11.7 Å². The molecule has 1 fully saturated rings. The number of benzene rings is 2.